The molecule has 0 atom stereocenters. The Balaban J connectivity index is 2.97. The molecule has 1 amide bonds. The van der Waals surface area contributed by atoms with E-state index in [1.165, 1.54) is 0 Å². The van der Waals surface area contributed by atoms with Crippen LogP contribution in [0, 0.1) is 20.2 Å². The van der Waals surface area contributed by atoms with Crippen LogP contribution in [0.3, 0.4) is 0 Å². The maximum Gasteiger partial charge on any atom is 0.412 e. The minimum Gasteiger partial charge on any atom is -0.403 e. The van der Waals surface area contributed by atoms with E-state index in [2.05, 4.69) is 10.1 Å². The van der Waals surface area contributed by atoms with E-state index in [0.29, 0.717) is 6.07 Å². The molecule has 1 aromatic rings. The Bertz CT molecular complexity index is 521. The summed E-state index contributed by atoms with van der Waals surface area (Å²) >= 11 is 5.33. The van der Waals surface area contributed by atoms with Gasteiger partial charge < -0.3 is 10.1 Å². The van der Waals surface area contributed by atoms with Crippen molar-refractivity contribution in [3.8, 4) is 5.75 Å². The summed E-state index contributed by atoms with van der Waals surface area (Å²) in [6.45, 7) is 0.126. The molecule has 9 nitrogen and oxygen atoms in total. The molecule has 0 unspecified atom stereocenters. The lowest BCUT2D eigenvalue weighted by Gasteiger charge is -2.05. The third-order valence-electron chi connectivity index (χ3n) is 1.92. The van der Waals surface area contributed by atoms with Gasteiger partial charge in [-0.1, -0.05) is 0 Å². The number of amides is 1. The zero-order chi connectivity index (χ0) is 14.4. The third kappa shape index (κ3) is 4.07. The van der Waals surface area contributed by atoms with Gasteiger partial charge in [-0.2, -0.15) is 0 Å². The summed E-state index contributed by atoms with van der Waals surface area (Å²) in [5.41, 5.74) is -1.14. The van der Waals surface area contributed by atoms with Gasteiger partial charge in [0.1, 0.15) is 0 Å². The van der Waals surface area contributed by atoms with Crippen LogP contribution in [0.1, 0.15) is 0 Å². The standard InChI is InChI=1S/C9H8ClN3O6/c10-3-4-11-9(14)19-8-2-1-6(12(15)16)5-7(8)13(17)18/h1-2,5H,3-4H2,(H,11,14). The van der Waals surface area contributed by atoms with E-state index >= 15 is 0 Å². The average molecular weight is 290 g/mol. The van der Waals surface area contributed by atoms with Gasteiger partial charge in [0.2, 0.25) is 5.75 Å². The van der Waals surface area contributed by atoms with Crippen molar-refractivity contribution in [1.82, 2.24) is 5.32 Å². The predicted molar refractivity (Wildman–Crippen MR) is 64.5 cm³/mol. The topological polar surface area (TPSA) is 125 Å². The first-order valence-corrected chi connectivity index (χ1v) is 5.43. The van der Waals surface area contributed by atoms with Crippen molar-refractivity contribution in [2.24, 2.45) is 0 Å². The minimum atomic E-state index is -0.933. The SMILES string of the molecule is O=C(NCCCl)Oc1ccc([N+](=O)[O-])cc1[N+](=O)[O-]. The van der Waals surface area contributed by atoms with E-state index in [4.69, 9.17) is 11.6 Å². The molecular weight excluding hydrogens is 282 g/mol. The maximum atomic E-state index is 11.2. The van der Waals surface area contributed by atoms with Gasteiger partial charge in [-0.25, -0.2) is 4.79 Å². The van der Waals surface area contributed by atoms with Gasteiger partial charge in [-0.3, -0.25) is 20.2 Å². The number of alkyl halides is 1. The predicted octanol–water partition coefficient (Wildman–Crippen LogP) is 1.83. The normalized spacial score (nSPS) is 9.74. The molecule has 19 heavy (non-hydrogen) atoms. The van der Waals surface area contributed by atoms with Crippen LogP contribution < -0.4 is 10.1 Å². The number of nitro groups is 2. The number of hydrogen-bond acceptors (Lipinski definition) is 6. The van der Waals surface area contributed by atoms with Crippen LogP contribution in [-0.4, -0.2) is 28.4 Å². The first kappa shape index (κ1) is 14.6. The molecule has 0 aliphatic heterocycles. The van der Waals surface area contributed by atoms with Crippen LogP contribution in [0.5, 0.6) is 5.75 Å². The molecule has 0 aromatic heterocycles. The number of nitrogens with zero attached hydrogens (tertiary/aromatic N) is 2. The fraction of sp³-hybridized carbons (Fsp3) is 0.222. The highest BCUT2D eigenvalue weighted by Gasteiger charge is 2.22. The van der Waals surface area contributed by atoms with Crippen molar-refractivity contribution in [3.05, 3.63) is 38.4 Å². The maximum absolute atomic E-state index is 11.2. The third-order valence-corrected chi connectivity index (χ3v) is 2.11. The van der Waals surface area contributed by atoms with Crippen molar-refractivity contribution in [1.29, 1.82) is 0 Å². The summed E-state index contributed by atoms with van der Waals surface area (Å²) in [4.78, 5) is 30.8. The number of halogens is 1. The molecular formula is C9H8ClN3O6. The van der Waals surface area contributed by atoms with Crippen LogP contribution in [0.15, 0.2) is 18.2 Å². The lowest BCUT2D eigenvalue weighted by Crippen LogP contribution is -2.28. The fourth-order valence-electron chi connectivity index (χ4n) is 1.13. The van der Waals surface area contributed by atoms with Crippen LogP contribution in [0.2, 0.25) is 0 Å². The minimum absolute atomic E-state index is 0.126. The molecule has 10 heteroatoms. The summed E-state index contributed by atoms with van der Waals surface area (Å²) < 4.78 is 4.67. The first-order valence-electron chi connectivity index (χ1n) is 4.90. The van der Waals surface area contributed by atoms with Gasteiger partial charge in [-0.15, -0.1) is 11.6 Å². The Labute approximate surface area is 111 Å². The van der Waals surface area contributed by atoms with E-state index < -0.39 is 27.3 Å². The largest absolute Gasteiger partial charge is 0.412 e. The van der Waals surface area contributed by atoms with Crippen LogP contribution >= 0.6 is 11.6 Å². The number of non-ortho nitro benzene ring substituents is 1. The lowest BCUT2D eigenvalue weighted by molar-refractivity contribution is -0.394. The number of carbonyl (C=O) groups excluding carboxylic acids is 1. The average Bonchev–Trinajstić information content (AvgIpc) is 2.36. The molecule has 0 radical (unpaired) electrons. The number of ether oxygens (including phenoxy) is 1. The molecule has 0 heterocycles. The zero-order valence-corrected chi connectivity index (χ0v) is 10.1. The Morgan fingerprint density at radius 2 is 2.00 bits per heavy atom. The molecule has 0 bridgehead atoms. The van der Waals surface area contributed by atoms with Crippen molar-refractivity contribution in [2.75, 3.05) is 12.4 Å². The van der Waals surface area contributed by atoms with Crippen LogP contribution in [0.25, 0.3) is 0 Å². The molecule has 1 rings (SSSR count). The Morgan fingerprint density at radius 1 is 1.32 bits per heavy atom. The van der Waals surface area contributed by atoms with Gasteiger partial charge in [0.15, 0.2) is 0 Å². The zero-order valence-electron chi connectivity index (χ0n) is 9.37. The van der Waals surface area contributed by atoms with E-state index in [1.807, 2.05) is 0 Å². The molecule has 1 aromatic carbocycles. The smallest absolute Gasteiger partial charge is 0.403 e. The summed E-state index contributed by atoms with van der Waals surface area (Å²) in [5.74, 6) is -0.236. The van der Waals surface area contributed by atoms with Crippen molar-refractivity contribution < 1.29 is 19.4 Å². The molecule has 102 valence electrons. The number of benzene rings is 1. The van der Waals surface area contributed by atoms with E-state index in [1.54, 1.807) is 0 Å². The lowest BCUT2D eigenvalue weighted by atomic mass is 10.2. The van der Waals surface area contributed by atoms with Crippen molar-refractivity contribution >= 4 is 29.1 Å². The monoisotopic (exact) mass is 289 g/mol. The van der Waals surface area contributed by atoms with E-state index in [0.717, 1.165) is 12.1 Å². The number of carbonyl (C=O) groups is 1. The van der Waals surface area contributed by atoms with E-state index in [9.17, 15) is 25.0 Å². The second-order valence-corrected chi connectivity index (χ2v) is 3.55. The molecule has 0 spiro atoms. The number of nitrogens with one attached hydrogen (secondary N) is 1. The second kappa shape index (κ2) is 6.50. The van der Waals surface area contributed by atoms with Gasteiger partial charge in [0.25, 0.3) is 5.69 Å². The van der Waals surface area contributed by atoms with Crippen molar-refractivity contribution in [2.45, 2.75) is 0 Å². The van der Waals surface area contributed by atoms with E-state index in [-0.39, 0.29) is 18.2 Å². The molecule has 0 fully saturated rings. The molecule has 0 aliphatic rings. The summed E-state index contributed by atoms with van der Waals surface area (Å²) in [7, 11) is 0. The first-order chi connectivity index (χ1) is 8.95. The highest BCUT2D eigenvalue weighted by molar-refractivity contribution is 6.18. The molecule has 1 N–H and O–H groups in total. The quantitative estimate of drug-likeness (QED) is 0.501. The number of nitro benzene ring substituents is 2. The van der Waals surface area contributed by atoms with Gasteiger partial charge in [0.05, 0.1) is 15.9 Å². The summed E-state index contributed by atoms with van der Waals surface area (Å²) in [6.07, 6.45) is -0.933. The molecule has 0 saturated carbocycles. The van der Waals surface area contributed by atoms with Crippen molar-refractivity contribution in [3.63, 3.8) is 0 Å². The Morgan fingerprint density at radius 3 is 2.53 bits per heavy atom. The Hall–Kier alpha value is -2.42. The second-order valence-electron chi connectivity index (χ2n) is 3.17. The van der Waals surface area contributed by atoms with Crippen LogP contribution in [0.4, 0.5) is 16.2 Å². The summed E-state index contributed by atoms with van der Waals surface area (Å²) in [6, 6.07) is 2.69. The highest BCUT2D eigenvalue weighted by Crippen LogP contribution is 2.30. The van der Waals surface area contributed by atoms with Gasteiger partial charge in [-0.05, 0) is 6.07 Å². The number of rotatable bonds is 5. The van der Waals surface area contributed by atoms with Gasteiger partial charge in [0, 0.05) is 18.5 Å². The molecule has 0 saturated heterocycles. The number of hydrogen-bond donors (Lipinski definition) is 1. The fourth-order valence-corrected chi connectivity index (χ4v) is 1.23. The Kier molecular flexibility index (Phi) is 5.01. The van der Waals surface area contributed by atoms with Crippen LogP contribution in [-0.2, 0) is 0 Å². The molecule has 0 aliphatic carbocycles. The van der Waals surface area contributed by atoms with Gasteiger partial charge >= 0.3 is 11.8 Å². The summed E-state index contributed by atoms with van der Waals surface area (Å²) in [5, 5.41) is 23.5. The highest BCUT2D eigenvalue weighted by atomic mass is 35.5.